The van der Waals surface area contributed by atoms with Crippen molar-refractivity contribution in [2.24, 2.45) is 16.5 Å². The fraction of sp³-hybridized carbons (Fsp3) is 0.200. The lowest BCUT2D eigenvalue weighted by Gasteiger charge is -2.32. The topological polar surface area (TPSA) is 123 Å². The molecule has 9 heteroatoms. The molecule has 4 rings (SSSR count). The van der Waals surface area contributed by atoms with Crippen molar-refractivity contribution < 1.29 is 4.79 Å². The van der Waals surface area contributed by atoms with E-state index in [1.54, 1.807) is 19.1 Å². The minimum absolute atomic E-state index is 0.142. The van der Waals surface area contributed by atoms with E-state index in [0.29, 0.717) is 27.9 Å². The van der Waals surface area contributed by atoms with Gasteiger partial charge in [0.1, 0.15) is 11.7 Å². The van der Waals surface area contributed by atoms with Crippen LogP contribution in [-0.4, -0.2) is 34.8 Å². The predicted octanol–water partition coefficient (Wildman–Crippen LogP) is 4.25. The summed E-state index contributed by atoms with van der Waals surface area (Å²) in [6.45, 7) is 5.62. The quantitative estimate of drug-likeness (QED) is 0.266. The lowest BCUT2D eigenvalue weighted by atomic mass is 10.1. The van der Waals surface area contributed by atoms with Gasteiger partial charge in [0.05, 0.1) is 0 Å². The monoisotopic (exact) mass is 473 g/mol. The van der Waals surface area contributed by atoms with Gasteiger partial charge < -0.3 is 21.7 Å². The van der Waals surface area contributed by atoms with Crippen molar-refractivity contribution in [3.63, 3.8) is 0 Å². The van der Waals surface area contributed by atoms with Crippen LogP contribution in [0.5, 0.6) is 0 Å². The number of amidine groups is 1. The van der Waals surface area contributed by atoms with Gasteiger partial charge in [0.15, 0.2) is 11.0 Å². The second-order valence-corrected chi connectivity index (χ2v) is 9.12. The third-order valence-electron chi connectivity index (χ3n) is 5.08. The fourth-order valence-corrected chi connectivity index (χ4v) is 4.07. The minimum Gasteiger partial charge on any atom is -0.402 e. The van der Waals surface area contributed by atoms with E-state index in [1.165, 1.54) is 11.8 Å². The number of anilines is 2. The third kappa shape index (κ3) is 6.14. The molecule has 5 N–H and O–H groups in total. The lowest BCUT2D eigenvalue weighted by Crippen LogP contribution is -2.37. The molecular weight excluding hydrogens is 446 g/mol. The van der Waals surface area contributed by atoms with Crippen LogP contribution < -0.4 is 21.7 Å². The number of carbonyl (C=O) groups is 1. The summed E-state index contributed by atoms with van der Waals surface area (Å²) < 4.78 is 0. The highest BCUT2D eigenvalue weighted by molar-refractivity contribution is 7.99. The second kappa shape index (κ2) is 10.4. The van der Waals surface area contributed by atoms with Gasteiger partial charge in [0.2, 0.25) is 0 Å². The van der Waals surface area contributed by atoms with Gasteiger partial charge in [0, 0.05) is 41.0 Å². The van der Waals surface area contributed by atoms with Crippen molar-refractivity contribution in [3.05, 3.63) is 77.5 Å². The van der Waals surface area contributed by atoms with Crippen molar-refractivity contribution in [1.82, 2.24) is 9.97 Å². The first-order valence-electron chi connectivity index (χ1n) is 10.9. The molecule has 2 heterocycles. The first-order valence-corrected chi connectivity index (χ1v) is 11.8. The Morgan fingerprint density at radius 2 is 1.88 bits per heavy atom. The average Bonchev–Trinajstić information content (AvgIpc) is 2.73. The van der Waals surface area contributed by atoms with Crippen LogP contribution in [0, 0.1) is 6.92 Å². The summed E-state index contributed by atoms with van der Waals surface area (Å²) in [6.07, 6.45) is 2.74. The number of rotatable bonds is 7. The number of benzene rings is 2. The Kier molecular flexibility index (Phi) is 7.12. The van der Waals surface area contributed by atoms with Crippen LogP contribution in [0.1, 0.15) is 29.3 Å². The third-order valence-corrected chi connectivity index (χ3v) is 5.95. The Labute approximate surface area is 203 Å². The van der Waals surface area contributed by atoms with E-state index in [1.807, 2.05) is 55.5 Å². The predicted molar refractivity (Wildman–Crippen MR) is 138 cm³/mol. The number of carbonyl (C=O) groups excluding carboxylic acids is 1. The zero-order chi connectivity index (χ0) is 24.1. The number of hydrogen-bond acceptors (Lipinski definition) is 7. The minimum atomic E-state index is -0.142. The zero-order valence-electron chi connectivity index (χ0n) is 19.2. The molecule has 174 valence electrons. The van der Waals surface area contributed by atoms with Crippen molar-refractivity contribution >= 4 is 40.8 Å². The van der Waals surface area contributed by atoms with Crippen LogP contribution in [-0.2, 0) is 0 Å². The number of aliphatic imine (C=N–C) groups is 1. The van der Waals surface area contributed by atoms with Crippen molar-refractivity contribution in [1.29, 1.82) is 0 Å². The molecule has 1 amide bonds. The molecular formula is C25H27N7OS. The molecule has 0 unspecified atom stereocenters. The van der Waals surface area contributed by atoms with Crippen LogP contribution in [0.15, 0.2) is 81.4 Å². The van der Waals surface area contributed by atoms with Gasteiger partial charge in [-0.3, -0.25) is 4.79 Å². The van der Waals surface area contributed by atoms with Gasteiger partial charge in [-0.05, 0) is 74.5 Å². The first-order chi connectivity index (χ1) is 16.4. The summed E-state index contributed by atoms with van der Waals surface area (Å²) in [4.78, 5) is 29.2. The van der Waals surface area contributed by atoms with E-state index < -0.39 is 0 Å². The molecule has 0 radical (unpaired) electrons. The molecule has 1 fully saturated rings. The number of amides is 1. The van der Waals surface area contributed by atoms with Crippen LogP contribution in [0.4, 0.5) is 17.3 Å². The van der Waals surface area contributed by atoms with Crippen LogP contribution in [0.2, 0.25) is 0 Å². The maximum Gasteiger partial charge on any atom is 0.255 e. The molecule has 8 nitrogen and oxygen atoms in total. The van der Waals surface area contributed by atoms with Crippen LogP contribution in [0.25, 0.3) is 0 Å². The van der Waals surface area contributed by atoms with Gasteiger partial charge >= 0.3 is 0 Å². The number of hydrogen-bond donors (Lipinski definition) is 3. The Morgan fingerprint density at radius 3 is 2.53 bits per heavy atom. The van der Waals surface area contributed by atoms with E-state index >= 15 is 0 Å². The standard InChI is InChI=1S/C25H27N7OS/c1-16-5-3-6-18(13-16)24(33)28-19-7-9-20(10-8-19)34-25-30-22(29-21(27)14-17(2)26)15-23(31-25)32-11-4-12-32/h3,5-10,13-15H,4,11-12,26H2,1-2H3,(H,28,33)(H2,27,29,30,31)/b17-14-. The van der Waals surface area contributed by atoms with E-state index in [4.69, 9.17) is 16.5 Å². The highest BCUT2D eigenvalue weighted by atomic mass is 32.2. The zero-order valence-corrected chi connectivity index (χ0v) is 20.0. The SMILES string of the molecule is C/C(N)=C/C(N)=Nc1cc(N2CCC2)nc(Sc2ccc(NC(=O)c3cccc(C)c3)cc2)n1. The summed E-state index contributed by atoms with van der Waals surface area (Å²) in [5, 5.41) is 3.50. The van der Waals surface area contributed by atoms with E-state index in [0.717, 1.165) is 35.8 Å². The van der Waals surface area contributed by atoms with Gasteiger partial charge in [0.25, 0.3) is 5.91 Å². The smallest absolute Gasteiger partial charge is 0.255 e. The van der Waals surface area contributed by atoms with E-state index in [2.05, 4.69) is 20.2 Å². The fourth-order valence-electron chi connectivity index (χ4n) is 3.31. The van der Waals surface area contributed by atoms with Crippen LogP contribution >= 0.6 is 11.8 Å². The first kappa shape index (κ1) is 23.3. The van der Waals surface area contributed by atoms with Gasteiger partial charge in [-0.15, -0.1) is 0 Å². The number of allylic oxidation sites excluding steroid dienone is 1. The van der Waals surface area contributed by atoms with Crippen LogP contribution in [0.3, 0.4) is 0 Å². The highest BCUT2D eigenvalue weighted by Crippen LogP contribution is 2.31. The summed E-state index contributed by atoms with van der Waals surface area (Å²) in [5.74, 6) is 1.46. The number of aromatic nitrogens is 2. The Bertz CT molecular complexity index is 1250. The molecule has 1 saturated heterocycles. The van der Waals surface area contributed by atoms with E-state index in [9.17, 15) is 4.79 Å². The Balaban J connectivity index is 1.50. The molecule has 3 aromatic rings. The normalized spacial score (nSPS) is 14.0. The maximum absolute atomic E-state index is 12.5. The summed E-state index contributed by atoms with van der Waals surface area (Å²) in [5.41, 5.74) is 14.6. The average molecular weight is 474 g/mol. The summed E-state index contributed by atoms with van der Waals surface area (Å²) >= 11 is 1.42. The van der Waals surface area contributed by atoms with E-state index in [-0.39, 0.29) is 11.7 Å². The molecule has 0 saturated carbocycles. The largest absolute Gasteiger partial charge is 0.402 e. The highest BCUT2D eigenvalue weighted by Gasteiger charge is 2.18. The molecule has 0 aliphatic carbocycles. The second-order valence-electron chi connectivity index (χ2n) is 8.08. The number of nitrogens with two attached hydrogens (primary N) is 2. The van der Waals surface area contributed by atoms with Gasteiger partial charge in [-0.1, -0.05) is 17.7 Å². The lowest BCUT2D eigenvalue weighted by molar-refractivity contribution is 0.102. The van der Waals surface area contributed by atoms with Gasteiger partial charge in [-0.25, -0.2) is 15.0 Å². The molecule has 1 aliphatic rings. The number of nitrogens with zero attached hydrogens (tertiary/aromatic N) is 4. The number of nitrogens with one attached hydrogen (secondary N) is 1. The Morgan fingerprint density at radius 1 is 1.12 bits per heavy atom. The molecule has 0 bridgehead atoms. The maximum atomic E-state index is 12.5. The van der Waals surface area contributed by atoms with Crippen molar-refractivity contribution in [2.45, 2.75) is 30.3 Å². The molecule has 1 aromatic heterocycles. The van der Waals surface area contributed by atoms with Crippen molar-refractivity contribution in [2.75, 3.05) is 23.3 Å². The molecule has 1 aliphatic heterocycles. The summed E-state index contributed by atoms with van der Waals surface area (Å²) in [6, 6.07) is 16.9. The molecule has 34 heavy (non-hydrogen) atoms. The number of aryl methyl sites for hydroxylation is 1. The Hall–Kier alpha value is -3.85. The molecule has 2 aromatic carbocycles. The molecule has 0 atom stereocenters. The summed E-state index contributed by atoms with van der Waals surface area (Å²) in [7, 11) is 0. The molecule has 0 spiro atoms. The van der Waals surface area contributed by atoms with Gasteiger partial charge in [-0.2, -0.15) is 0 Å². The van der Waals surface area contributed by atoms with Crippen molar-refractivity contribution in [3.8, 4) is 0 Å².